The average molecular weight is 441 g/mol. The van der Waals surface area contributed by atoms with Crippen LogP contribution in [0.2, 0.25) is 0 Å². The van der Waals surface area contributed by atoms with Crippen LogP contribution in [0.25, 0.3) is 16.9 Å². The zero-order valence-electron chi connectivity index (χ0n) is 17.5. The quantitative estimate of drug-likeness (QED) is 0.505. The van der Waals surface area contributed by atoms with E-state index in [1.807, 2.05) is 66.7 Å². The molecule has 1 aromatic heterocycles. The molecule has 0 fully saturated rings. The van der Waals surface area contributed by atoms with Crippen molar-refractivity contribution in [3.05, 3.63) is 84.1 Å². The van der Waals surface area contributed by atoms with Gasteiger partial charge >= 0.3 is 0 Å². The SMILES string of the molecule is O=C(NCc1ccc2c(c1)OCO2)c1cc(-c2ccc3c(c2)OCO3)n(-c2ccccc2)n1. The Morgan fingerprint density at radius 3 is 2.30 bits per heavy atom. The van der Waals surface area contributed by atoms with Crippen molar-refractivity contribution < 1.29 is 23.7 Å². The van der Waals surface area contributed by atoms with Crippen LogP contribution in [-0.4, -0.2) is 29.3 Å². The van der Waals surface area contributed by atoms with Crippen molar-refractivity contribution in [1.82, 2.24) is 15.1 Å². The van der Waals surface area contributed by atoms with E-state index < -0.39 is 0 Å². The minimum absolute atomic E-state index is 0.199. The van der Waals surface area contributed by atoms with Crippen LogP contribution in [0, 0.1) is 0 Å². The molecule has 4 aromatic rings. The molecule has 1 amide bonds. The van der Waals surface area contributed by atoms with E-state index in [0.717, 1.165) is 22.5 Å². The van der Waals surface area contributed by atoms with E-state index in [-0.39, 0.29) is 19.5 Å². The van der Waals surface area contributed by atoms with Crippen LogP contribution in [0.1, 0.15) is 16.1 Å². The van der Waals surface area contributed by atoms with Crippen molar-refractivity contribution in [3.8, 4) is 39.9 Å². The van der Waals surface area contributed by atoms with Crippen LogP contribution in [0.3, 0.4) is 0 Å². The van der Waals surface area contributed by atoms with Gasteiger partial charge in [-0.05, 0) is 54.1 Å². The Labute approximate surface area is 189 Å². The number of nitrogens with one attached hydrogen (secondary N) is 1. The number of rotatable bonds is 5. The highest BCUT2D eigenvalue weighted by Gasteiger charge is 2.20. The van der Waals surface area contributed by atoms with Crippen LogP contribution in [0.5, 0.6) is 23.0 Å². The molecule has 0 atom stereocenters. The average Bonchev–Trinajstić information content (AvgIpc) is 3.61. The molecule has 0 aliphatic carbocycles. The fourth-order valence-corrected chi connectivity index (χ4v) is 3.84. The van der Waals surface area contributed by atoms with Crippen molar-refractivity contribution in [1.29, 1.82) is 0 Å². The van der Waals surface area contributed by atoms with Gasteiger partial charge in [0.1, 0.15) is 0 Å². The maximum Gasteiger partial charge on any atom is 0.272 e. The van der Waals surface area contributed by atoms with E-state index >= 15 is 0 Å². The molecular weight excluding hydrogens is 422 g/mol. The summed E-state index contributed by atoms with van der Waals surface area (Å²) in [4.78, 5) is 13.0. The fraction of sp³-hybridized carbons (Fsp3) is 0.120. The van der Waals surface area contributed by atoms with Crippen LogP contribution >= 0.6 is 0 Å². The smallest absolute Gasteiger partial charge is 0.272 e. The Morgan fingerprint density at radius 2 is 1.52 bits per heavy atom. The van der Waals surface area contributed by atoms with Crippen LogP contribution in [-0.2, 0) is 6.54 Å². The maximum atomic E-state index is 13.0. The highest BCUT2D eigenvalue weighted by Crippen LogP contribution is 2.37. The molecule has 1 N–H and O–H groups in total. The van der Waals surface area contributed by atoms with E-state index in [4.69, 9.17) is 18.9 Å². The molecule has 2 aliphatic heterocycles. The number of para-hydroxylation sites is 1. The van der Waals surface area contributed by atoms with E-state index in [1.165, 1.54) is 0 Å². The summed E-state index contributed by atoms with van der Waals surface area (Å²) in [6, 6.07) is 22.7. The van der Waals surface area contributed by atoms with Gasteiger partial charge in [0.2, 0.25) is 13.6 Å². The zero-order valence-corrected chi connectivity index (χ0v) is 17.5. The Kier molecular flexibility index (Phi) is 4.61. The van der Waals surface area contributed by atoms with Crippen molar-refractivity contribution >= 4 is 5.91 Å². The summed E-state index contributed by atoms with van der Waals surface area (Å²) in [6.07, 6.45) is 0. The summed E-state index contributed by atoms with van der Waals surface area (Å²) in [5.74, 6) is 2.48. The number of fused-ring (bicyclic) bond motifs is 2. The van der Waals surface area contributed by atoms with Gasteiger partial charge in [0.05, 0.1) is 11.4 Å². The summed E-state index contributed by atoms with van der Waals surface area (Å²) < 4.78 is 23.5. The van der Waals surface area contributed by atoms with Crippen molar-refractivity contribution in [2.45, 2.75) is 6.54 Å². The van der Waals surface area contributed by atoms with E-state index in [0.29, 0.717) is 35.2 Å². The Bertz CT molecular complexity index is 1350. The van der Waals surface area contributed by atoms with Gasteiger partial charge < -0.3 is 24.3 Å². The van der Waals surface area contributed by atoms with Gasteiger partial charge in [0, 0.05) is 12.1 Å². The predicted molar refractivity (Wildman–Crippen MR) is 119 cm³/mol. The van der Waals surface area contributed by atoms with Gasteiger partial charge in [-0.3, -0.25) is 4.79 Å². The number of hydrogen-bond acceptors (Lipinski definition) is 6. The first-order valence-electron chi connectivity index (χ1n) is 10.5. The minimum Gasteiger partial charge on any atom is -0.454 e. The molecule has 2 aliphatic rings. The van der Waals surface area contributed by atoms with Gasteiger partial charge in [-0.25, -0.2) is 4.68 Å². The summed E-state index contributed by atoms with van der Waals surface area (Å²) in [5.41, 5.74) is 3.71. The highest BCUT2D eigenvalue weighted by molar-refractivity contribution is 5.93. The molecule has 8 heteroatoms. The lowest BCUT2D eigenvalue weighted by atomic mass is 10.1. The normalized spacial score (nSPS) is 13.2. The van der Waals surface area contributed by atoms with Crippen LogP contribution < -0.4 is 24.3 Å². The van der Waals surface area contributed by atoms with Gasteiger partial charge in [0.15, 0.2) is 28.7 Å². The highest BCUT2D eigenvalue weighted by atomic mass is 16.7. The third kappa shape index (κ3) is 3.61. The lowest BCUT2D eigenvalue weighted by molar-refractivity contribution is 0.0945. The molecule has 6 rings (SSSR count). The summed E-state index contributed by atoms with van der Waals surface area (Å²) in [6.45, 7) is 0.752. The summed E-state index contributed by atoms with van der Waals surface area (Å²) in [7, 11) is 0. The second kappa shape index (κ2) is 7.90. The molecule has 0 saturated heterocycles. The standard InChI is InChI=1S/C25H19N3O5/c29-25(26-13-16-6-8-21-23(10-16)32-14-30-21)19-12-20(28(27-19)18-4-2-1-3-5-18)17-7-9-22-24(11-17)33-15-31-22/h1-12H,13-15H2,(H,26,29). The first-order valence-corrected chi connectivity index (χ1v) is 10.5. The summed E-state index contributed by atoms with van der Waals surface area (Å²) in [5, 5.41) is 7.54. The first kappa shape index (κ1) is 19.2. The van der Waals surface area contributed by atoms with Gasteiger partial charge in [0.25, 0.3) is 5.91 Å². The number of aromatic nitrogens is 2. The van der Waals surface area contributed by atoms with Crippen molar-refractivity contribution in [2.75, 3.05) is 13.6 Å². The fourth-order valence-electron chi connectivity index (χ4n) is 3.84. The molecule has 0 saturated carbocycles. The van der Waals surface area contributed by atoms with Crippen molar-refractivity contribution in [2.24, 2.45) is 0 Å². The molecular formula is C25H19N3O5. The number of benzene rings is 3. The molecule has 0 radical (unpaired) electrons. The van der Waals surface area contributed by atoms with Gasteiger partial charge in [-0.15, -0.1) is 0 Å². The molecule has 33 heavy (non-hydrogen) atoms. The Hall–Kier alpha value is -4.46. The zero-order chi connectivity index (χ0) is 22.2. The summed E-state index contributed by atoms with van der Waals surface area (Å²) >= 11 is 0. The molecule has 0 bridgehead atoms. The second-order valence-electron chi connectivity index (χ2n) is 7.60. The third-order valence-electron chi connectivity index (χ3n) is 5.50. The molecule has 3 aromatic carbocycles. The number of nitrogens with zero attached hydrogens (tertiary/aromatic N) is 2. The van der Waals surface area contributed by atoms with Gasteiger partial charge in [-0.1, -0.05) is 24.3 Å². The number of carbonyl (C=O) groups excluding carboxylic acids is 1. The maximum absolute atomic E-state index is 13.0. The lowest BCUT2D eigenvalue weighted by Crippen LogP contribution is -2.23. The molecule has 0 spiro atoms. The second-order valence-corrected chi connectivity index (χ2v) is 7.60. The number of hydrogen-bond donors (Lipinski definition) is 1. The van der Waals surface area contributed by atoms with E-state index in [9.17, 15) is 4.79 Å². The number of carbonyl (C=O) groups is 1. The van der Waals surface area contributed by atoms with Crippen LogP contribution in [0.15, 0.2) is 72.8 Å². The Morgan fingerprint density at radius 1 is 0.818 bits per heavy atom. The number of ether oxygens (including phenoxy) is 4. The van der Waals surface area contributed by atoms with E-state index in [2.05, 4.69) is 10.4 Å². The molecule has 0 unspecified atom stereocenters. The molecule has 164 valence electrons. The monoisotopic (exact) mass is 441 g/mol. The predicted octanol–water partition coefficient (Wildman–Crippen LogP) is 3.93. The van der Waals surface area contributed by atoms with Crippen molar-refractivity contribution in [3.63, 3.8) is 0 Å². The van der Waals surface area contributed by atoms with Crippen LogP contribution in [0.4, 0.5) is 0 Å². The third-order valence-corrected chi connectivity index (χ3v) is 5.50. The Balaban J connectivity index is 1.30. The first-order chi connectivity index (χ1) is 16.2. The minimum atomic E-state index is -0.274. The lowest BCUT2D eigenvalue weighted by Gasteiger charge is -2.08. The topological polar surface area (TPSA) is 83.8 Å². The number of amides is 1. The molecule has 3 heterocycles. The molecule has 8 nitrogen and oxygen atoms in total. The largest absolute Gasteiger partial charge is 0.454 e. The van der Waals surface area contributed by atoms with E-state index in [1.54, 1.807) is 10.7 Å². The van der Waals surface area contributed by atoms with Gasteiger partial charge in [-0.2, -0.15) is 5.10 Å².